The predicted octanol–water partition coefficient (Wildman–Crippen LogP) is 5.47. The van der Waals surface area contributed by atoms with Gasteiger partial charge in [0.2, 0.25) is 0 Å². The lowest BCUT2D eigenvalue weighted by molar-refractivity contribution is -0.380. The minimum atomic E-state index is -0.266. The highest BCUT2D eigenvalue weighted by Gasteiger charge is 2.27. The van der Waals surface area contributed by atoms with Gasteiger partial charge in [-0.25, -0.2) is 0 Å². The molecule has 0 amide bonds. The van der Waals surface area contributed by atoms with Crippen molar-refractivity contribution in [2.75, 3.05) is 19.0 Å². The highest BCUT2D eigenvalue weighted by atomic mass is 35.5. The molecule has 6 heteroatoms. The van der Waals surface area contributed by atoms with Crippen LogP contribution < -0.4 is 9.47 Å². The second kappa shape index (κ2) is 9.51. The fraction of sp³-hybridized carbons (Fsp3) is 0.333. The summed E-state index contributed by atoms with van der Waals surface area (Å²) in [6.45, 7) is 8.86. The maximum Gasteiger partial charge on any atom is 0.197 e. The maximum atomic E-state index is 5.87. The number of ether oxygens (including phenoxy) is 4. The standard InChI is InChI=1S/C21H23ClO4S/c1-14(11-23-18-6-4-17(22)5-7-18)13-27-19-8-9-20(15(2)10-19)24-12-21-25-16(3)26-21/h4-10,16,21H,1,11-13H2,2-3H3. The molecular weight excluding hydrogens is 384 g/mol. The molecule has 1 aliphatic rings. The molecule has 0 N–H and O–H groups in total. The van der Waals surface area contributed by atoms with Crippen molar-refractivity contribution in [1.82, 2.24) is 0 Å². The van der Waals surface area contributed by atoms with E-state index >= 15 is 0 Å². The zero-order chi connectivity index (χ0) is 19.2. The number of aryl methyl sites for hydroxylation is 1. The quantitative estimate of drug-likeness (QED) is 0.407. The van der Waals surface area contributed by atoms with Crippen molar-refractivity contribution >= 4 is 23.4 Å². The Hall–Kier alpha value is -1.66. The number of halogens is 1. The van der Waals surface area contributed by atoms with E-state index in [-0.39, 0.29) is 12.6 Å². The van der Waals surface area contributed by atoms with Crippen molar-refractivity contribution in [3.8, 4) is 11.5 Å². The molecule has 0 saturated carbocycles. The number of hydrogen-bond acceptors (Lipinski definition) is 5. The smallest absolute Gasteiger partial charge is 0.197 e. The third kappa shape index (κ3) is 6.18. The van der Waals surface area contributed by atoms with Gasteiger partial charge in [-0.15, -0.1) is 11.8 Å². The molecule has 0 atom stereocenters. The van der Waals surface area contributed by atoms with E-state index in [4.69, 9.17) is 30.5 Å². The largest absolute Gasteiger partial charge is 0.489 e. The average molecular weight is 407 g/mol. The van der Waals surface area contributed by atoms with E-state index in [1.807, 2.05) is 50.2 Å². The number of rotatable bonds is 9. The van der Waals surface area contributed by atoms with Crippen molar-refractivity contribution < 1.29 is 18.9 Å². The Morgan fingerprint density at radius 2 is 1.89 bits per heavy atom. The summed E-state index contributed by atoms with van der Waals surface area (Å²) < 4.78 is 22.2. The molecule has 27 heavy (non-hydrogen) atoms. The van der Waals surface area contributed by atoms with Crippen LogP contribution in [0.5, 0.6) is 11.5 Å². The van der Waals surface area contributed by atoms with Crippen LogP contribution in [0.1, 0.15) is 12.5 Å². The highest BCUT2D eigenvalue weighted by molar-refractivity contribution is 7.99. The Balaban J connectivity index is 1.41. The van der Waals surface area contributed by atoms with E-state index in [2.05, 4.69) is 12.6 Å². The first kappa shape index (κ1) is 20.1. The van der Waals surface area contributed by atoms with Gasteiger partial charge in [0.1, 0.15) is 24.7 Å². The SMILES string of the molecule is C=C(COc1ccc(Cl)cc1)CSc1ccc(OCC2OC(C)O2)c(C)c1. The Kier molecular flexibility index (Phi) is 7.07. The summed E-state index contributed by atoms with van der Waals surface area (Å²) in [4.78, 5) is 1.16. The molecule has 1 saturated heterocycles. The molecule has 144 valence electrons. The normalized spacial score (nSPS) is 18.6. The summed E-state index contributed by atoms with van der Waals surface area (Å²) in [6.07, 6.45) is -0.396. The molecule has 1 fully saturated rings. The van der Waals surface area contributed by atoms with E-state index in [9.17, 15) is 0 Å². The van der Waals surface area contributed by atoms with E-state index in [0.717, 1.165) is 33.3 Å². The van der Waals surface area contributed by atoms with Crippen molar-refractivity contribution in [2.24, 2.45) is 0 Å². The first-order chi connectivity index (χ1) is 13.0. The first-order valence-corrected chi connectivity index (χ1v) is 10.1. The summed E-state index contributed by atoms with van der Waals surface area (Å²) in [5.41, 5.74) is 2.09. The summed E-state index contributed by atoms with van der Waals surface area (Å²) in [5.74, 6) is 2.42. The summed E-state index contributed by atoms with van der Waals surface area (Å²) in [5, 5.41) is 0.696. The topological polar surface area (TPSA) is 36.9 Å². The maximum absolute atomic E-state index is 5.87. The zero-order valence-electron chi connectivity index (χ0n) is 15.4. The highest BCUT2D eigenvalue weighted by Crippen LogP contribution is 2.28. The van der Waals surface area contributed by atoms with Crippen molar-refractivity contribution in [2.45, 2.75) is 31.3 Å². The summed E-state index contributed by atoms with van der Waals surface area (Å²) >= 11 is 7.59. The van der Waals surface area contributed by atoms with Gasteiger partial charge in [0.15, 0.2) is 12.6 Å². The van der Waals surface area contributed by atoms with Gasteiger partial charge < -0.3 is 18.9 Å². The lowest BCUT2D eigenvalue weighted by atomic mass is 10.2. The van der Waals surface area contributed by atoms with E-state index in [1.54, 1.807) is 11.8 Å². The van der Waals surface area contributed by atoms with Gasteiger partial charge >= 0.3 is 0 Å². The van der Waals surface area contributed by atoms with Crippen LogP contribution in [-0.4, -0.2) is 31.5 Å². The van der Waals surface area contributed by atoms with E-state index in [1.165, 1.54) is 0 Å². The molecule has 0 bridgehead atoms. The van der Waals surface area contributed by atoms with Crippen LogP contribution in [0.15, 0.2) is 59.5 Å². The van der Waals surface area contributed by atoms with Crippen LogP contribution in [0, 0.1) is 6.92 Å². The number of benzene rings is 2. The third-order valence-corrected chi connectivity index (χ3v) is 5.30. The van der Waals surface area contributed by atoms with Gasteiger partial charge in [-0.05, 0) is 67.4 Å². The van der Waals surface area contributed by atoms with Crippen molar-refractivity contribution in [3.63, 3.8) is 0 Å². The molecule has 0 aromatic heterocycles. The van der Waals surface area contributed by atoms with Crippen LogP contribution in [0.2, 0.25) is 5.02 Å². The molecular formula is C21H23ClO4S. The third-order valence-electron chi connectivity index (χ3n) is 3.91. The minimum Gasteiger partial charge on any atom is -0.489 e. The molecule has 0 spiro atoms. The van der Waals surface area contributed by atoms with Gasteiger partial charge in [0.25, 0.3) is 0 Å². The Morgan fingerprint density at radius 1 is 1.15 bits per heavy atom. The number of thioether (sulfide) groups is 1. The zero-order valence-corrected chi connectivity index (χ0v) is 17.0. The lowest BCUT2D eigenvalue weighted by Crippen LogP contribution is -2.42. The predicted molar refractivity (Wildman–Crippen MR) is 109 cm³/mol. The molecule has 2 aromatic carbocycles. The fourth-order valence-corrected chi connectivity index (χ4v) is 3.50. The van der Waals surface area contributed by atoms with E-state index < -0.39 is 0 Å². The van der Waals surface area contributed by atoms with E-state index in [0.29, 0.717) is 18.2 Å². The van der Waals surface area contributed by atoms with Gasteiger partial charge in [0.05, 0.1) is 0 Å². The molecule has 0 aliphatic carbocycles. The van der Waals surface area contributed by atoms with Crippen LogP contribution in [0.25, 0.3) is 0 Å². The van der Waals surface area contributed by atoms with Gasteiger partial charge in [0, 0.05) is 15.7 Å². The second-order valence-corrected chi connectivity index (χ2v) is 7.77. The second-order valence-electron chi connectivity index (χ2n) is 6.29. The van der Waals surface area contributed by atoms with Crippen LogP contribution >= 0.6 is 23.4 Å². The van der Waals surface area contributed by atoms with Crippen LogP contribution in [0.3, 0.4) is 0 Å². The first-order valence-electron chi connectivity index (χ1n) is 8.72. The van der Waals surface area contributed by atoms with Gasteiger partial charge in [-0.2, -0.15) is 0 Å². The minimum absolute atomic E-state index is 0.129. The molecule has 2 aromatic rings. The summed E-state index contributed by atoms with van der Waals surface area (Å²) in [6, 6.07) is 13.5. The molecule has 1 aliphatic heterocycles. The number of hydrogen-bond donors (Lipinski definition) is 0. The monoisotopic (exact) mass is 406 g/mol. The molecule has 1 heterocycles. The van der Waals surface area contributed by atoms with Crippen LogP contribution in [-0.2, 0) is 9.47 Å². The Bertz CT molecular complexity index is 772. The average Bonchev–Trinajstić information content (AvgIpc) is 2.63. The Morgan fingerprint density at radius 3 is 2.56 bits per heavy atom. The Labute approximate surface area is 169 Å². The molecule has 0 radical (unpaired) electrons. The molecule has 4 nitrogen and oxygen atoms in total. The molecule has 0 unspecified atom stereocenters. The molecule has 3 rings (SSSR count). The van der Waals surface area contributed by atoms with Crippen molar-refractivity contribution in [3.05, 3.63) is 65.2 Å². The fourth-order valence-electron chi connectivity index (χ4n) is 2.49. The van der Waals surface area contributed by atoms with Crippen LogP contribution in [0.4, 0.5) is 0 Å². The van der Waals surface area contributed by atoms with Crippen molar-refractivity contribution in [1.29, 1.82) is 0 Å². The van der Waals surface area contributed by atoms with Gasteiger partial charge in [-0.1, -0.05) is 18.2 Å². The summed E-state index contributed by atoms with van der Waals surface area (Å²) in [7, 11) is 0. The lowest BCUT2D eigenvalue weighted by Gasteiger charge is -2.33. The van der Waals surface area contributed by atoms with Gasteiger partial charge in [-0.3, -0.25) is 0 Å².